The Kier molecular flexibility index (Phi) is 5.63. The summed E-state index contributed by atoms with van der Waals surface area (Å²) in [6, 6.07) is 5.71. The van der Waals surface area contributed by atoms with E-state index in [-0.39, 0.29) is 24.5 Å². The van der Waals surface area contributed by atoms with Crippen LogP contribution in [0.5, 0.6) is 11.5 Å². The number of aromatic nitrogens is 2. The van der Waals surface area contributed by atoms with Gasteiger partial charge in [-0.05, 0) is 43.4 Å². The third-order valence-corrected chi connectivity index (χ3v) is 6.93. The number of nitrogens with zero attached hydrogens (tertiary/aromatic N) is 4. The maximum atomic E-state index is 12.8. The number of carbonyl (C=O) groups excluding carboxylic acids is 2. The van der Waals surface area contributed by atoms with E-state index in [0.717, 1.165) is 54.4 Å². The van der Waals surface area contributed by atoms with E-state index in [0.29, 0.717) is 31.2 Å². The van der Waals surface area contributed by atoms with Crippen LogP contribution >= 0.6 is 11.3 Å². The predicted molar refractivity (Wildman–Crippen MR) is 115 cm³/mol. The second-order valence-corrected chi connectivity index (χ2v) is 8.99. The number of piperidine rings is 2. The number of hydrogen-bond donors (Lipinski definition) is 1. The number of anilines is 2. The summed E-state index contributed by atoms with van der Waals surface area (Å²) in [5, 5.41) is 13.0. The van der Waals surface area contributed by atoms with Crippen molar-refractivity contribution < 1.29 is 19.1 Å². The molecular weight excluding hydrogens is 418 g/mol. The third-order valence-electron chi connectivity index (χ3n) is 5.92. The number of ether oxygens (including phenoxy) is 2. The number of hydrogen-bond acceptors (Lipinski definition) is 8. The summed E-state index contributed by atoms with van der Waals surface area (Å²) < 4.78 is 10.7. The summed E-state index contributed by atoms with van der Waals surface area (Å²) in [4.78, 5) is 28.8. The molecule has 1 N–H and O–H groups in total. The number of fused-ring (bicyclic) bond motifs is 1. The summed E-state index contributed by atoms with van der Waals surface area (Å²) in [5.41, 5.74) is 0.977. The van der Waals surface area contributed by atoms with Gasteiger partial charge in [-0.25, -0.2) is 0 Å². The maximum absolute atomic E-state index is 12.8. The van der Waals surface area contributed by atoms with Crippen molar-refractivity contribution in [3.05, 3.63) is 23.8 Å². The zero-order valence-electron chi connectivity index (χ0n) is 17.2. The average molecular weight is 444 g/mol. The molecule has 0 saturated carbocycles. The zero-order valence-corrected chi connectivity index (χ0v) is 18.0. The minimum atomic E-state index is -0.105. The molecule has 0 aliphatic carbocycles. The monoisotopic (exact) mass is 443 g/mol. The van der Waals surface area contributed by atoms with Gasteiger partial charge in [-0.3, -0.25) is 14.5 Å². The molecule has 1 atom stereocenters. The molecule has 2 amide bonds. The van der Waals surface area contributed by atoms with Crippen molar-refractivity contribution in [2.24, 2.45) is 5.92 Å². The van der Waals surface area contributed by atoms with E-state index >= 15 is 0 Å². The molecule has 4 heterocycles. The largest absolute Gasteiger partial charge is 0.454 e. The van der Waals surface area contributed by atoms with Gasteiger partial charge in [0.25, 0.3) is 0 Å². The Hall–Kier alpha value is -2.88. The van der Waals surface area contributed by atoms with Crippen LogP contribution in [-0.4, -0.2) is 48.4 Å². The van der Waals surface area contributed by atoms with Gasteiger partial charge in [-0.2, -0.15) is 0 Å². The molecule has 2 fully saturated rings. The van der Waals surface area contributed by atoms with Crippen LogP contribution in [0.2, 0.25) is 0 Å². The highest BCUT2D eigenvalue weighted by atomic mass is 32.1. The van der Waals surface area contributed by atoms with Crippen LogP contribution in [0.15, 0.2) is 18.2 Å². The topological polar surface area (TPSA) is 96.9 Å². The Balaban J connectivity index is 1.18. The van der Waals surface area contributed by atoms with Gasteiger partial charge in [0, 0.05) is 32.6 Å². The van der Waals surface area contributed by atoms with Crippen molar-refractivity contribution in [1.82, 2.24) is 15.5 Å². The van der Waals surface area contributed by atoms with E-state index in [1.807, 2.05) is 18.2 Å². The van der Waals surface area contributed by atoms with Crippen LogP contribution in [0.4, 0.5) is 10.3 Å². The van der Waals surface area contributed by atoms with Crippen molar-refractivity contribution >= 4 is 33.4 Å². The molecule has 1 aromatic heterocycles. The molecule has 0 spiro atoms. The van der Waals surface area contributed by atoms with E-state index in [1.165, 1.54) is 11.3 Å². The van der Waals surface area contributed by atoms with Crippen LogP contribution in [0.1, 0.15) is 37.7 Å². The minimum absolute atomic E-state index is 0.0401. The molecule has 3 aliphatic heterocycles. The molecule has 9 nitrogen and oxygen atoms in total. The second kappa shape index (κ2) is 8.70. The fourth-order valence-electron chi connectivity index (χ4n) is 4.20. The molecule has 10 heteroatoms. The fraction of sp³-hybridized carbons (Fsp3) is 0.524. The Bertz CT molecular complexity index is 980. The molecular formula is C21H25N5O4S. The lowest BCUT2D eigenvalue weighted by molar-refractivity contribution is -0.125. The van der Waals surface area contributed by atoms with Gasteiger partial charge in [0.1, 0.15) is 0 Å². The maximum Gasteiger partial charge on any atom is 0.231 e. The molecule has 0 unspecified atom stereocenters. The van der Waals surface area contributed by atoms with E-state index in [9.17, 15) is 9.59 Å². The minimum Gasteiger partial charge on any atom is -0.454 e. The molecule has 5 rings (SSSR count). The molecule has 0 bridgehead atoms. The first-order valence-corrected chi connectivity index (χ1v) is 11.5. The van der Waals surface area contributed by atoms with Gasteiger partial charge >= 0.3 is 0 Å². The SMILES string of the molecule is O=C(NCc1ccc2c(c1)OCO2)[C@H]1CCCN(c2nnc(N3CCCCC3=O)s2)C1. The summed E-state index contributed by atoms with van der Waals surface area (Å²) in [6.07, 6.45) is 4.27. The van der Waals surface area contributed by atoms with Crippen molar-refractivity contribution in [3.8, 4) is 11.5 Å². The molecule has 3 aliphatic rings. The van der Waals surface area contributed by atoms with Crippen LogP contribution in [0.3, 0.4) is 0 Å². The first-order valence-electron chi connectivity index (χ1n) is 10.7. The van der Waals surface area contributed by atoms with Gasteiger partial charge in [0.2, 0.25) is 28.9 Å². The van der Waals surface area contributed by atoms with Crippen LogP contribution < -0.4 is 24.6 Å². The van der Waals surface area contributed by atoms with Crippen molar-refractivity contribution in [3.63, 3.8) is 0 Å². The van der Waals surface area contributed by atoms with Crippen LogP contribution in [0.25, 0.3) is 0 Å². The van der Waals surface area contributed by atoms with E-state index < -0.39 is 0 Å². The Labute approximate surface area is 184 Å². The molecule has 164 valence electrons. The van der Waals surface area contributed by atoms with Crippen molar-refractivity contribution in [1.29, 1.82) is 0 Å². The smallest absolute Gasteiger partial charge is 0.231 e. The fourth-order valence-corrected chi connectivity index (χ4v) is 5.13. The number of carbonyl (C=O) groups is 2. The van der Waals surface area contributed by atoms with Crippen molar-refractivity contribution in [2.45, 2.75) is 38.6 Å². The number of nitrogens with one attached hydrogen (secondary N) is 1. The zero-order chi connectivity index (χ0) is 21.2. The highest BCUT2D eigenvalue weighted by Gasteiger charge is 2.29. The van der Waals surface area contributed by atoms with E-state index in [2.05, 4.69) is 20.4 Å². The molecule has 31 heavy (non-hydrogen) atoms. The van der Waals surface area contributed by atoms with E-state index in [1.54, 1.807) is 4.90 Å². The van der Waals surface area contributed by atoms with Gasteiger partial charge in [0.15, 0.2) is 11.5 Å². The lowest BCUT2D eigenvalue weighted by atomic mass is 9.97. The Morgan fingerprint density at radius 1 is 1.13 bits per heavy atom. The van der Waals surface area contributed by atoms with Gasteiger partial charge in [-0.1, -0.05) is 17.4 Å². The summed E-state index contributed by atoms with van der Waals surface area (Å²) in [6.45, 7) is 2.84. The number of amides is 2. The summed E-state index contributed by atoms with van der Waals surface area (Å²) in [5.74, 6) is 1.51. The normalized spacial score (nSPS) is 20.8. The van der Waals surface area contributed by atoms with Crippen LogP contribution in [0, 0.1) is 5.92 Å². The first kappa shape index (κ1) is 20.0. The first-order chi connectivity index (χ1) is 15.2. The van der Waals surface area contributed by atoms with Gasteiger partial charge in [0.05, 0.1) is 5.92 Å². The predicted octanol–water partition coefficient (Wildman–Crippen LogP) is 2.32. The Morgan fingerprint density at radius 3 is 2.90 bits per heavy atom. The Morgan fingerprint density at radius 2 is 2.00 bits per heavy atom. The number of benzene rings is 1. The molecule has 0 radical (unpaired) electrons. The standard InChI is InChI=1S/C21H25N5O4S/c27-18-5-1-2-9-26(18)21-24-23-20(31-21)25-8-3-4-15(12-25)19(28)22-11-14-6-7-16-17(10-14)30-13-29-16/h6-7,10,15H,1-5,8-9,11-13H2,(H,22,28)/t15-/m0/s1. The van der Waals surface area contributed by atoms with Gasteiger partial charge in [-0.15, -0.1) is 10.2 Å². The highest BCUT2D eigenvalue weighted by Crippen LogP contribution is 2.33. The highest BCUT2D eigenvalue weighted by molar-refractivity contribution is 7.19. The number of rotatable bonds is 5. The average Bonchev–Trinajstić information content (AvgIpc) is 3.47. The van der Waals surface area contributed by atoms with Crippen molar-refractivity contribution in [2.75, 3.05) is 36.2 Å². The van der Waals surface area contributed by atoms with Crippen LogP contribution in [-0.2, 0) is 16.1 Å². The summed E-state index contributed by atoms with van der Waals surface area (Å²) in [7, 11) is 0. The molecule has 2 aromatic rings. The molecule has 1 aromatic carbocycles. The third kappa shape index (κ3) is 4.30. The summed E-state index contributed by atoms with van der Waals surface area (Å²) >= 11 is 1.44. The lowest BCUT2D eigenvalue weighted by Crippen LogP contribution is -2.43. The quantitative estimate of drug-likeness (QED) is 0.757. The second-order valence-electron chi connectivity index (χ2n) is 8.06. The van der Waals surface area contributed by atoms with Gasteiger partial charge < -0.3 is 19.7 Å². The molecule has 2 saturated heterocycles. The van der Waals surface area contributed by atoms with E-state index in [4.69, 9.17) is 9.47 Å². The lowest BCUT2D eigenvalue weighted by Gasteiger charge is -2.31.